The van der Waals surface area contributed by atoms with Gasteiger partial charge in [0.05, 0.1) is 16.8 Å². The molecule has 2 aromatic heterocycles. The van der Waals surface area contributed by atoms with E-state index in [1.54, 1.807) is 6.20 Å². The molecule has 210 valence electrons. The fraction of sp³-hybridized carbons (Fsp3) is 0.440. The molecule has 1 atom stereocenters. The molecule has 2 heterocycles. The van der Waals surface area contributed by atoms with Gasteiger partial charge in [0.1, 0.15) is 10.8 Å². The zero-order chi connectivity index (χ0) is 28.5. The van der Waals surface area contributed by atoms with E-state index in [2.05, 4.69) is 15.6 Å². The molecule has 3 aromatic rings. The highest BCUT2D eigenvalue weighted by atomic mass is 32.2. The summed E-state index contributed by atoms with van der Waals surface area (Å²) in [5.74, 6) is -1.42. The van der Waals surface area contributed by atoms with Crippen LogP contribution in [0.25, 0.3) is 21.3 Å². The van der Waals surface area contributed by atoms with Crippen molar-refractivity contribution in [3.8, 4) is 16.9 Å². The van der Waals surface area contributed by atoms with Gasteiger partial charge in [0, 0.05) is 48.3 Å². The van der Waals surface area contributed by atoms with Crippen LogP contribution in [-0.4, -0.2) is 55.2 Å². The lowest BCUT2D eigenvalue weighted by molar-refractivity contribution is -0.126. The first kappa shape index (κ1) is 28.6. The first-order valence-corrected chi connectivity index (χ1v) is 14.9. The van der Waals surface area contributed by atoms with E-state index in [0.29, 0.717) is 16.8 Å². The van der Waals surface area contributed by atoms with E-state index in [-0.39, 0.29) is 39.4 Å². The third kappa shape index (κ3) is 7.18. The number of sulfone groups is 1. The number of carbonyl (C=O) groups excluding carboxylic acids is 2. The van der Waals surface area contributed by atoms with Crippen LogP contribution in [0.2, 0.25) is 0 Å². The molecule has 1 fully saturated rings. The second-order valence-electron chi connectivity index (χ2n) is 9.82. The van der Waals surface area contributed by atoms with E-state index in [1.165, 1.54) is 28.8 Å². The Hall–Kier alpha value is -3.39. The van der Waals surface area contributed by atoms with Gasteiger partial charge < -0.3 is 19.9 Å². The molecule has 0 aliphatic heterocycles. The zero-order valence-electron chi connectivity index (χ0n) is 21.4. The number of amides is 2. The Morgan fingerprint density at radius 1 is 1.23 bits per heavy atom. The molecule has 4 rings (SSSR count). The van der Waals surface area contributed by atoms with Crippen molar-refractivity contribution in [3.05, 3.63) is 45.8 Å². The molecule has 0 spiro atoms. The number of halogens is 2. The lowest BCUT2D eigenvalue weighted by atomic mass is 10.1. The van der Waals surface area contributed by atoms with Crippen molar-refractivity contribution in [2.24, 2.45) is 5.92 Å². The minimum Gasteiger partial charge on any atom is -0.434 e. The molecule has 0 saturated heterocycles. The van der Waals surface area contributed by atoms with Crippen molar-refractivity contribution >= 4 is 43.2 Å². The van der Waals surface area contributed by atoms with Gasteiger partial charge in [-0.15, -0.1) is 11.3 Å². The number of aromatic nitrogens is 2. The van der Waals surface area contributed by atoms with E-state index in [9.17, 15) is 31.6 Å². The summed E-state index contributed by atoms with van der Waals surface area (Å²) >= 11 is 0.907. The molecular weight excluding hydrogens is 554 g/mol. The van der Waals surface area contributed by atoms with Crippen LogP contribution in [0.1, 0.15) is 36.9 Å². The van der Waals surface area contributed by atoms with Crippen molar-refractivity contribution in [3.63, 3.8) is 0 Å². The Kier molecular flexibility index (Phi) is 8.35. The number of benzene rings is 1. The Balaban J connectivity index is 1.72. The molecule has 14 heteroatoms. The molecule has 1 saturated carbocycles. The number of rotatable bonds is 11. The first-order valence-electron chi connectivity index (χ1n) is 12.2. The van der Waals surface area contributed by atoms with Crippen molar-refractivity contribution in [1.29, 1.82) is 0 Å². The average molecular weight is 583 g/mol. The molecule has 1 aromatic carbocycles. The molecule has 1 unspecified atom stereocenters. The summed E-state index contributed by atoms with van der Waals surface area (Å²) < 4.78 is 58.4. The minimum absolute atomic E-state index is 0.0768. The van der Waals surface area contributed by atoms with Gasteiger partial charge in [-0.2, -0.15) is 8.78 Å². The lowest BCUT2D eigenvalue weighted by Gasteiger charge is -2.14. The molecule has 2 amide bonds. The SMILES string of the molecule is CC(C)Cn1cc(-c2cc3sc(C(C(=O)NCC(=O)NC4CC4)S(C)(=O)=O)nc3cc2OC(F)F)ccc1=O. The van der Waals surface area contributed by atoms with Crippen molar-refractivity contribution in [2.75, 3.05) is 12.8 Å². The van der Waals surface area contributed by atoms with Gasteiger partial charge in [-0.25, -0.2) is 13.4 Å². The van der Waals surface area contributed by atoms with E-state index in [0.717, 1.165) is 30.4 Å². The van der Waals surface area contributed by atoms with Gasteiger partial charge in [-0.1, -0.05) is 13.8 Å². The summed E-state index contributed by atoms with van der Waals surface area (Å²) in [7, 11) is -4.02. The molecular formula is C25H28F2N4O6S2. The van der Waals surface area contributed by atoms with E-state index < -0.39 is 40.1 Å². The minimum atomic E-state index is -4.02. The maximum atomic E-state index is 13.3. The Labute approximate surface area is 227 Å². The summed E-state index contributed by atoms with van der Waals surface area (Å²) in [6.07, 6.45) is 4.14. The quantitative estimate of drug-likeness (QED) is 0.355. The molecule has 1 aliphatic carbocycles. The number of nitrogens with one attached hydrogen (secondary N) is 2. The molecule has 0 bridgehead atoms. The van der Waals surface area contributed by atoms with E-state index in [1.807, 2.05) is 13.8 Å². The fourth-order valence-corrected chi connectivity index (χ4v) is 6.52. The van der Waals surface area contributed by atoms with Crippen molar-refractivity contribution < 1.29 is 31.5 Å². The van der Waals surface area contributed by atoms with E-state index >= 15 is 0 Å². The number of nitrogens with zero attached hydrogens (tertiary/aromatic N) is 2. The van der Waals surface area contributed by atoms with Gasteiger partial charge >= 0.3 is 6.61 Å². The van der Waals surface area contributed by atoms with Gasteiger partial charge in [0.2, 0.25) is 11.8 Å². The maximum Gasteiger partial charge on any atom is 0.387 e. The highest BCUT2D eigenvalue weighted by molar-refractivity contribution is 7.91. The van der Waals surface area contributed by atoms with Crippen LogP contribution >= 0.6 is 11.3 Å². The summed E-state index contributed by atoms with van der Waals surface area (Å²) in [5, 5.41) is 3.25. The zero-order valence-corrected chi connectivity index (χ0v) is 23.1. The van der Waals surface area contributed by atoms with Gasteiger partial charge in [-0.3, -0.25) is 14.4 Å². The number of hydrogen-bond donors (Lipinski definition) is 2. The number of ether oxygens (including phenoxy) is 1. The number of pyridine rings is 1. The third-order valence-electron chi connectivity index (χ3n) is 5.83. The normalized spacial score (nSPS) is 14.5. The fourth-order valence-electron chi connectivity index (χ4n) is 3.99. The van der Waals surface area contributed by atoms with Crippen LogP contribution in [-0.2, 0) is 26.0 Å². The Morgan fingerprint density at radius 3 is 2.56 bits per heavy atom. The number of fused-ring (bicyclic) bond motifs is 1. The summed E-state index contributed by atoms with van der Waals surface area (Å²) in [6.45, 7) is 0.729. The molecule has 10 nitrogen and oxygen atoms in total. The molecule has 0 radical (unpaired) electrons. The van der Waals surface area contributed by atoms with Crippen molar-refractivity contribution in [2.45, 2.75) is 51.1 Å². The highest BCUT2D eigenvalue weighted by Crippen LogP contribution is 2.39. The predicted molar refractivity (Wildman–Crippen MR) is 143 cm³/mol. The third-order valence-corrected chi connectivity index (χ3v) is 8.36. The second kappa shape index (κ2) is 11.4. The van der Waals surface area contributed by atoms with E-state index in [4.69, 9.17) is 4.74 Å². The standard InChI is InChI=1S/C25H28F2N4O6S2/c1-13(2)11-31-12-14(4-7-21(31)33)16-8-19-17(9-18(16)37-25(26)27)30-24(38-19)22(39(3,35)36)23(34)28-10-20(32)29-15-5-6-15/h4,7-9,12-13,15,22,25H,5-6,10-11H2,1-3H3,(H,28,34)(H,29,32). The summed E-state index contributed by atoms with van der Waals surface area (Å²) in [5.41, 5.74) is 0.574. The lowest BCUT2D eigenvalue weighted by Crippen LogP contribution is -2.41. The van der Waals surface area contributed by atoms with Crippen LogP contribution in [0.3, 0.4) is 0 Å². The number of alkyl halides is 2. The largest absolute Gasteiger partial charge is 0.434 e. The monoisotopic (exact) mass is 582 g/mol. The number of hydrogen-bond acceptors (Lipinski definition) is 8. The van der Waals surface area contributed by atoms with Gasteiger partial charge in [0.25, 0.3) is 5.56 Å². The first-order chi connectivity index (χ1) is 18.3. The summed E-state index contributed by atoms with van der Waals surface area (Å²) in [6, 6.07) is 5.64. The molecule has 1 aliphatic rings. The van der Waals surface area contributed by atoms with Crippen LogP contribution in [0.15, 0.2) is 35.3 Å². The van der Waals surface area contributed by atoms with Crippen LogP contribution in [0.4, 0.5) is 8.78 Å². The second-order valence-corrected chi connectivity index (χ2v) is 13.0. The highest BCUT2D eigenvalue weighted by Gasteiger charge is 2.34. The molecule has 2 N–H and O–H groups in total. The number of carbonyl (C=O) groups is 2. The van der Waals surface area contributed by atoms with Crippen LogP contribution in [0.5, 0.6) is 5.75 Å². The number of thiazole rings is 1. The van der Waals surface area contributed by atoms with Crippen LogP contribution in [0, 0.1) is 5.92 Å². The topological polar surface area (TPSA) is 136 Å². The Bertz CT molecular complexity index is 1560. The predicted octanol–water partition coefficient (Wildman–Crippen LogP) is 2.86. The van der Waals surface area contributed by atoms with Crippen LogP contribution < -0.4 is 20.9 Å². The molecule has 39 heavy (non-hydrogen) atoms. The summed E-state index contributed by atoms with van der Waals surface area (Å²) in [4.78, 5) is 41.4. The van der Waals surface area contributed by atoms with Crippen molar-refractivity contribution in [1.82, 2.24) is 20.2 Å². The van der Waals surface area contributed by atoms with Gasteiger partial charge in [0.15, 0.2) is 15.1 Å². The average Bonchev–Trinajstić information content (AvgIpc) is 3.54. The Morgan fingerprint density at radius 2 is 1.95 bits per heavy atom. The smallest absolute Gasteiger partial charge is 0.387 e. The maximum absolute atomic E-state index is 13.3. The van der Waals surface area contributed by atoms with Gasteiger partial charge in [-0.05, 0) is 30.9 Å².